The molecule has 0 aromatic rings. The van der Waals surface area contributed by atoms with Crippen LogP contribution in [0.4, 0.5) is 0 Å². The van der Waals surface area contributed by atoms with Crippen molar-refractivity contribution >= 4 is 22.6 Å². The van der Waals surface area contributed by atoms with Gasteiger partial charge in [0.25, 0.3) is 0 Å². The van der Waals surface area contributed by atoms with Crippen LogP contribution in [-0.4, -0.2) is 3.92 Å². The van der Waals surface area contributed by atoms with Crippen LogP contribution in [0.25, 0.3) is 0 Å². The second kappa shape index (κ2) is 7.32. The van der Waals surface area contributed by atoms with Crippen molar-refractivity contribution in [2.45, 2.75) is 74.6 Å². The van der Waals surface area contributed by atoms with Crippen molar-refractivity contribution in [3.8, 4) is 0 Å². The molecular weight excluding hydrogens is 415 g/mol. The molecule has 0 aromatic heterocycles. The van der Waals surface area contributed by atoms with Crippen molar-refractivity contribution in [2.24, 2.45) is 47.3 Å². The Kier molecular flexibility index (Phi) is 5.07. The first kappa shape index (κ1) is 17.3. The molecule has 0 aromatic carbocycles. The van der Waals surface area contributed by atoms with Gasteiger partial charge in [0.15, 0.2) is 0 Å². The second-order valence-electron chi connectivity index (χ2n) is 10.0. The number of hydrogen-bond acceptors (Lipinski definition) is 0. The van der Waals surface area contributed by atoms with E-state index in [4.69, 9.17) is 0 Å². The molecule has 5 aliphatic carbocycles. The van der Waals surface area contributed by atoms with E-state index >= 15 is 0 Å². The van der Waals surface area contributed by atoms with E-state index in [9.17, 15) is 0 Å². The lowest BCUT2D eigenvalue weighted by atomic mass is 9.56. The zero-order chi connectivity index (χ0) is 16.8. The van der Waals surface area contributed by atoms with Crippen LogP contribution >= 0.6 is 22.6 Å². The van der Waals surface area contributed by atoms with E-state index in [0.29, 0.717) is 0 Å². The van der Waals surface area contributed by atoms with E-state index in [1.165, 1.54) is 57.8 Å². The third-order valence-electron chi connectivity index (χ3n) is 8.86. The monoisotopic (exact) mass is 450 g/mol. The lowest BCUT2D eigenvalue weighted by Gasteiger charge is -2.49. The molecule has 25 heavy (non-hydrogen) atoms. The highest BCUT2D eigenvalue weighted by atomic mass is 127. The molecule has 0 N–H and O–H groups in total. The molecule has 0 amide bonds. The molecular formula is C24H35I. The molecule has 9 atom stereocenters. The predicted molar refractivity (Wildman–Crippen MR) is 115 cm³/mol. The van der Waals surface area contributed by atoms with Gasteiger partial charge >= 0.3 is 0 Å². The van der Waals surface area contributed by atoms with E-state index in [0.717, 1.165) is 51.3 Å². The highest BCUT2D eigenvalue weighted by Gasteiger charge is 2.44. The first-order valence-electron chi connectivity index (χ1n) is 11.3. The normalized spacial score (nSPS) is 52.1. The van der Waals surface area contributed by atoms with Crippen LogP contribution < -0.4 is 0 Å². The molecule has 0 saturated heterocycles. The van der Waals surface area contributed by atoms with Gasteiger partial charge < -0.3 is 0 Å². The van der Waals surface area contributed by atoms with Crippen molar-refractivity contribution in [3.63, 3.8) is 0 Å². The van der Waals surface area contributed by atoms with Crippen LogP contribution in [0.15, 0.2) is 24.3 Å². The van der Waals surface area contributed by atoms with E-state index < -0.39 is 0 Å². The highest BCUT2D eigenvalue weighted by molar-refractivity contribution is 14.1. The molecule has 8 unspecified atom stereocenters. The minimum absolute atomic E-state index is 0.922. The largest absolute Gasteiger partial charge is 0.0882 e. The summed E-state index contributed by atoms with van der Waals surface area (Å²) in [6, 6.07) is 0. The fourth-order valence-corrected chi connectivity index (χ4v) is 8.47. The summed E-state index contributed by atoms with van der Waals surface area (Å²) in [5.41, 5.74) is 0. The van der Waals surface area contributed by atoms with Gasteiger partial charge in [-0.2, -0.15) is 0 Å². The Labute approximate surface area is 168 Å². The van der Waals surface area contributed by atoms with Crippen LogP contribution in [0.2, 0.25) is 0 Å². The summed E-state index contributed by atoms with van der Waals surface area (Å²) >= 11 is 2.69. The fraction of sp³-hybridized carbons (Fsp3) is 0.833. The van der Waals surface area contributed by atoms with Gasteiger partial charge in [0.2, 0.25) is 0 Å². The number of allylic oxidation sites excluding steroid dienone is 4. The maximum absolute atomic E-state index is 2.69. The Morgan fingerprint density at radius 1 is 0.600 bits per heavy atom. The van der Waals surface area contributed by atoms with Crippen LogP contribution in [0.5, 0.6) is 0 Å². The standard InChI is InChI=1S/C24H35I/c25-22-11-9-18-13-17(6-7-20(18)15-22)19-10-12-24-21(14-19)8-5-16-3-1-2-4-23(16)24/h2,4,6-7,16-24H,1,3,5,8-15H2/t16?,17?,18-,19?,20?,21?,22?,23?,24?/m0/s1. The molecule has 1 heteroatoms. The second-order valence-corrected chi connectivity index (χ2v) is 11.8. The minimum atomic E-state index is 0.922. The number of halogens is 1. The van der Waals surface area contributed by atoms with Gasteiger partial charge in [-0.15, -0.1) is 0 Å². The SMILES string of the molecule is IC1CC[C@H]2CC(C3CCC4C(CCC5CCC=CC54)C3)C=CC2C1. The smallest absolute Gasteiger partial charge is 0.0115 e. The molecule has 5 rings (SSSR count). The van der Waals surface area contributed by atoms with Gasteiger partial charge in [0.1, 0.15) is 0 Å². The van der Waals surface area contributed by atoms with Gasteiger partial charge in [0, 0.05) is 3.92 Å². The van der Waals surface area contributed by atoms with E-state index in [1.54, 1.807) is 12.8 Å². The van der Waals surface area contributed by atoms with Crippen LogP contribution in [0.1, 0.15) is 70.6 Å². The molecule has 0 radical (unpaired) electrons. The first-order chi connectivity index (χ1) is 12.3. The summed E-state index contributed by atoms with van der Waals surface area (Å²) in [5, 5.41) is 0. The molecule has 0 spiro atoms. The number of rotatable bonds is 1. The summed E-state index contributed by atoms with van der Waals surface area (Å²) < 4.78 is 0.939. The number of fused-ring (bicyclic) bond motifs is 4. The summed E-state index contributed by atoms with van der Waals surface area (Å²) in [6.07, 6.45) is 27.0. The van der Waals surface area contributed by atoms with Gasteiger partial charge in [-0.05, 0) is 118 Å². The van der Waals surface area contributed by atoms with E-state index in [2.05, 4.69) is 46.9 Å². The zero-order valence-corrected chi connectivity index (χ0v) is 17.8. The lowest BCUT2D eigenvalue weighted by Crippen LogP contribution is -2.40. The summed E-state index contributed by atoms with van der Waals surface area (Å²) in [7, 11) is 0. The van der Waals surface area contributed by atoms with Crippen LogP contribution in [0.3, 0.4) is 0 Å². The van der Waals surface area contributed by atoms with Gasteiger partial charge in [-0.25, -0.2) is 0 Å². The average molecular weight is 450 g/mol. The molecule has 5 aliphatic rings. The number of hydrogen-bond donors (Lipinski definition) is 0. The van der Waals surface area contributed by atoms with Crippen molar-refractivity contribution in [1.29, 1.82) is 0 Å². The topological polar surface area (TPSA) is 0 Å². The Balaban J connectivity index is 1.25. The molecule has 0 heterocycles. The number of alkyl halides is 1. The first-order valence-corrected chi connectivity index (χ1v) is 12.5. The zero-order valence-electron chi connectivity index (χ0n) is 15.7. The third kappa shape index (κ3) is 3.41. The molecule has 138 valence electrons. The van der Waals surface area contributed by atoms with Gasteiger partial charge in [-0.3, -0.25) is 0 Å². The fourth-order valence-electron chi connectivity index (χ4n) is 7.53. The Bertz CT molecular complexity index is 534. The summed E-state index contributed by atoms with van der Waals surface area (Å²) in [5.74, 6) is 7.98. The molecule has 3 saturated carbocycles. The molecule has 0 nitrogen and oxygen atoms in total. The van der Waals surface area contributed by atoms with Gasteiger partial charge in [0.05, 0.1) is 0 Å². The molecule has 0 bridgehead atoms. The molecule has 3 fully saturated rings. The van der Waals surface area contributed by atoms with E-state index in [1.807, 2.05) is 0 Å². The van der Waals surface area contributed by atoms with Crippen molar-refractivity contribution < 1.29 is 0 Å². The summed E-state index contributed by atoms with van der Waals surface area (Å²) in [6.45, 7) is 0. The van der Waals surface area contributed by atoms with Crippen molar-refractivity contribution in [1.82, 2.24) is 0 Å². The Morgan fingerprint density at radius 2 is 1.32 bits per heavy atom. The van der Waals surface area contributed by atoms with Gasteiger partial charge in [-0.1, -0.05) is 46.9 Å². The lowest BCUT2D eigenvalue weighted by molar-refractivity contribution is 0.0359. The Morgan fingerprint density at radius 3 is 2.24 bits per heavy atom. The highest BCUT2D eigenvalue weighted by Crippen LogP contribution is 2.53. The Hall–Kier alpha value is 0.210. The van der Waals surface area contributed by atoms with Crippen LogP contribution in [0, 0.1) is 47.3 Å². The maximum atomic E-state index is 2.69. The van der Waals surface area contributed by atoms with Crippen LogP contribution in [-0.2, 0) is 0 Å². The van der Waals surface area contributed by atoms with E-state index in [-0.39, 0.29) is 0 Å². The minimum Gasteiger partial charge on any atom is -0.0882 e. The van der Waals surface area contributed by atoms with Crippen molar-refractivity contribution in [2.75, 3.05) is 0 Å². The summed E-state index contributed by atoms with van der Waals surface area (Å²) in [4.78, 5) is 0. The average Bonchev–Trinajstić information content (AvgIpc) is 2.67. The maximum Gasteiger partial charge on any atom is 0.0115 e. The predicted octanol–water partition coefficient (Wildman–Crippen LogP) is 7.19. The quantitative estimate of drug-likeness (QED) is 0.225. The van der Waals surface area contributed by atoms with Crippen molar-refractivity contribution in [3.05, 3.63) is 24.3 Å². The molecule has 0 aliphatic heterocycles. The third-order valence-corrected chi connectivity index (χ3v) is 9.99.